The first-order valence-corrected chi connectivity index (χ1v) is 5.88. The van der Waals surface area contributed by atoms with E-state index in [1.165, 1.54) is 36.5 Å². The molecule has 12 heavy (non-hydrogen) atoms. The van der Waals surface area contributed by atoms with Crippen LogP contribution < -0.4 is 0 Å². The van der Waals surface area contributed by atoms with Crippen LogP contribution in [0.3, 0.4) is 0 Å². The average molecular weight is 164 g/mol. The molecule has 3 rings (SSSR count). The molecule has 68 valence electrons. The number of hydrogen-bond acceptors (Lipinski definition) is 0. The van der Waals surface area contributed by atoms with Gasteiger partial charge in [-0.2, -0.15) is 0 Å². The molecule has 0 saturated heterocycles. The fraction of sp³-hybridized carbons (Fsp3) is 1.00. The number of hydrogen-bond donors (Lipinski definition) is 0. The maximum absolute atomic E-state index is 2.33. The van der Waals surface area contributed by atoms with E-state index in [1.807, 2.05) is 0 Å². The molecule has 0 heteroatoms. The van der Waals surface area contributed by atoms with E-state index < -0.39 is 0 Å². The quantitative estimate of drug-likeness (QED) is 0.597. The molecular formula is C12H20. The van der Waals surface area contributed by atoms with Crippen LogP contribution in [0.1, 0.15) is 45.4 Å². The molecular weight excluding hydrogens is 144 g/mol. The minimum absolute atomic E-state index is 1.16. The molecule has 0 aromatic rings. The molecule has 0 aliphatic heterocycles. The summed E-state index contributed by atoms with van der Waals surface area (Å²) in [7, 11) is 0. The summed E-state index contributed by atoms with van der Waals surface area (Å²) >= 11 is 0. The summed E-state index contributed by atoms with van der Waals surface area (Å²) in [5.41, 5.74) is 0. The van der Waals surface area contributed by atoms with E-state index in [9.17, 15) is 0 Å². The first-order chi connectivity index (χ1) is 5.88. The highest BCUT2D eigenvalue weighted by molar-refractivity contribution is 5.04. The molecule has 5 atom stereocenters. The highest BCUT2D eigenvalue weighted by Gasteiger charge is 2.54. The summed E-state index contributed by atoms with van der Waals surface area (Å²) in [5.74, 6) is 5.98. The molecule has 0 amide bonds. The molecule has 0 radical (unpaired) electrons. The Bertz CT molecular complexity index is 184. The van der Waals surface area contributed by atoms with Gasteiger partial charge in [0.05, 0.1) is 0 Å². The van der Waals surface area contributed by atoms with Crippen LogP contribution in [0, 0.1) is 29.6 Å². The van der Waals surface area contributed by atoms with Crippen molar-refractivity contribution in [1.82, 2.24) is 0 Å². The monoisotopic (exact) mass is 164 g/mol. The van der Waals surface area contributed by atoms with E-state index in [0.29, 0.717) is 0 Å². The molecule has 0 aromatic carbocycles. The number of rotatable bonds is 4. The van der Waals surface area contributed by atoms with Crippen molar-refractivity contribution in [3.05, 3.63) is 0 Å². The van der Waals surface area contributed by atoms with Gasteiger partial charge < -0.3 is 0 Å². The highest BCUT2D eigenvalue weighted by Crippen LogP contribution is 2.63. The highest BCUT2D eigenvalue weighted by atomic mass is 14.6. The van der Waals surface area contributed by atoms with Crippen LogP contribution in [-0.4, -0.2) is 0 Å². The third kappa shape index (κ3) is 1.11. The van der Waals surface area contributed by atoms with Gasteiger partial charge >= 0.3 is 0 Å². The normalized spacial score (nSPS) is 54.2. The Morgan fingerprint density at radius 3 is 2.50 bits per heavy atom. The Balaban J connectivity index is 1.40. The second-order valence-corrected chi connectivity index (χ2v) is 5.44. The summed E-state index contributed by atoms with van der Waals surface area (Å²) in [6.07, 6.45) is 9.35. The van der Waals surface area contributed by atoms with Crippen molar-refractivity contribution in [2.24, 2.45) is 29.6 Å². The lowest BCUT2D eigenvalue weighted by Gasteiger charge is -2.24. The van der Waals surface area contributed by atoms with Gasteiger partial charge in [-0.1, -0.05) is 19.8 Å². The van der Waals surface area contributed by atoms with Gasteiger partial charge in [-0.05, 0) is 55.3 Å². The minimum Gasteiger partial charge on any atom is -0.0654 e. The van der Waals surface area contributed by atoms with E-state index in [0.717, 1.165) is 5.92 Å². The lowest BCUT2D eigenvalue weighted by atomic mass is 9.81. The fourth-order valence-electron chi connectivity index (χ4n) is 3.47. The number of fused-ring (bicyclic) bond motifs is 1. The minimum atomic E-state index is 1.16. The van der Waals surface area contributed by atoms with Crippen molar-refractivity contribution in [2.75, 3.05) is 0 Å². The largest absolute Gasteiger partial charge is 0.0654 e. The van der Waals surface area contributed by atoms with Gasteiger partial charge in [0.1, 0.15) is 0 Å². The van der Waals surface area contributed by atoms with Crippen molar-refractivity contribution < 1.29 is 0 Å². The van der Waals surface area contributed by atoms with E-state index in [2.05, 4.69) is 6.92 Å². The summed E-state index contributed by atoms with van der Waals surface area (Å²) in [6.45, 7) is 2.33. The molecule has 3 aliphatic rings. The molecule has 3 aliphatic carbocycles. The van der Waals surface area contributed by atoms with Crippen LogP contribution in [-0.2, 0) is 0 Å². The van der Waals surface area contributed by atoms with Gasteiger partial charge in [-0.3, -0.25) is 0 Å². The first-order valence-electron chi connectivity index (χ1n) is 5.88. The third-order valence-electron chi connectivity index (χ3n) is 4.52. The molecule has 0 nitrogen and oxygen atoms in total. The molecule has 5 unspecified atom stereocenters. The maximum Gasteiger partial charge on any atom is -0.0354 e. The molecule has 0 N–H and O–H groups in total. The summed E-state index contributed by atoms with van der Waals surface area (Å²) in [6, 6.07) is 0. The van der Waals surface area contributed by atoms with E-state index in [-0.39, 0.29) is 0 Å². The fourth-order valence-corrected chi connectivity index (χ4v) is 3.47. The zero-order valence-corrected chi connectivity index (χ0v) is 8.13. The summed E-state index contributed by atoms with van der Waals surface area (Å²) in [5, 5.41) is 0. The van der Waals surface area contributed by atoms with Crippen LogP contribution in [0.5, 0.6) is 0 Å². The van der Waals surface area contributed by atoms with Gasteiger partial charge in [0.15, 0.2) is 0 Å². The van der Waals surface area contributed by atoms with E-state index >= 15 is 0 Å². The zero-order valence-electron chi connectivity index (χ0n) is 8.13. The van der Waals surface area contributed by atoms with E-state index in [1.54, 1.807) is 25.7 Å². The topological polar surface area (TPSA) is 0 Å². The standard InChI is InChI=1S/C12H20/c1-2-3-8-4-9(8)5-10-6-11-7-12(10)11/h8-12H,2-7H2,1H3. The summed E-state index contributed by atoms with van der Waals surface area (Å²) < 4.78 is 0. The van der Waals surface area contributed by atoms with Gasteiger partial charge in [-0.15, -0.1) is 0 Å². The van der Waals surface area contributed by atoms with E-state index in [4.69, 9.17) is 0 Å². The summed E-state index contributed by atoms with van der Waals surface area (Å²) in [4.78, 5) is 0. The Morgan fingerprint density at radius 2 is 1.92 bits per heavy atom. The molecule has 3 saturated carbocycles. The molecule has 0 heterocycles. The Morgan fingerprint density at radius 1 is 1.00 bits per heavy atom. The van der Waals surface area contributed by atoms with Crippen molar-refractivity contribution >= 4 is 0 Å². The molecule has 0 aromatic heterocycles. The van der Waals surface area contributed by atoms with Crippen LogP contribution in [0.15, 0.2) is 0 Å². The van der Waals surface area contributed by atoms with Crippen molar-refractivity contribution in [3.63, 3.8) is 0 Å². The van der Waals surface area contributed by atoms with Crippen molar-refractivity contribution in [1.29, 1.82) is 0 Å². The Kier molecular flexibility index (Phi) is 1.54. The second-order valence-electron chi connectivity index (χ2n) is 5.44. The average Bonchev–Trinajstić information content (AvgIpc) is 2.86. The Hall–Kier alpha value is 0. The lowest BCUT2D eigenvalue weighted by Crippen LogP contribution is -2.16. The van der Waals surface area contributed by atoms with Crippen molar-refractivity contribution in [3.8, 4) is 0 Å². The first kappa shape index (κ1) is 7.41. The lowest BCUT2D eigenvalue weighted by molar-refractivity contribution is 0.253. The SMILES string of the molecule is CCCC1CC1CC1CC2CC12. The van der Waals surface area contributed by atoms with Crippen LogP contribution in [0.2, 0.25) is 0 Å². The maximum atomic E-state index is 2.33. The third-order valence-corrected chi connectivity index (χ3v) is 4.52. The Labute approximate surface area is 75.7 Å². The van der Waals surface area contributed by atoms with Gasteiger partial charge in [-0.25, -0.2) is 0 Å². The molecule has 0 bridgehead atoms. The smallest absolute Gasteiger partial charge is 0.0354 e. The van der Waals surface area contributed by atoms with Crippen LogP contribution >= 0.6 is 0 Å². The zero-order chi connectivity index (χ0) is 8.13. The van der Waals surface area contributed by atoms with Crippen LogP contribution in [0.25, 0.3) is 0 Å². The van der Waals surface area contributed by atoms with Gasteiger partial charge in [0.25, 0.3) is 0 Å². The molecule has 3 fully saturated rings. The van der Waals surface area contributed by atoms with Gasteiger partial charge in [0, 0.05) is 0 Å². The van der Waals surface area contributed by atoms with Gasteiger partial charge in [0.2, 0.25) is 0 Å². The predicted octanol–water partition coefficient (Wildman–Crippen LogP) is 3.47. The van der Waals surface area contributed by atoms with Crippen LogP contribution in [0.4, 0.5) is 0 Å². The molecule has 0 spiro atoms. The van der Waals surface area contributed by atoms with Crippen molar-refractivity contribution in [2.45, 2.75) is 45.4 Å². The predicted molar refractivity (Wildman–Crippen MR) is 50.8 cm³/mol. The second kappa shape index (κ2) is 2.49.